The van der Waals surface area contributed by atoms with E-state index >= 15 is 0 Å². The molecule has 0 bridgehead atoms. The molecular formula is C14H16O6. The van der Waals surface area contributed by atoms with Gasteiger partial charge >= 0.3 is 0 Å². The van der Waals surface area contributed by atoms with E-state index in [1.54, 1.807) is 12.1 Å². The molecular weight excluding hydrogens is 264 g/mol. The second-order valence-electron chi connectivity index (χ2n) is 5.15. The maximum Gasteiger partial charge on any atom is 0.202 e. The average molecular weight is 280 g/mol. The summed E-state index contributed by atoms with van der Waals surface area (Å²) in [5.74, 6) is -1.40. The van der Waals surface area contributed by atoms with E-state index in [4.69, 9.17) is 14.6 Å². The molecule has 2 aliphatic heterocycles. The van der Waals surface area contributed by atoms with Gasteiger partial charge in [-0.1, -0.05) is 18.2 Å². The first-order valence-corrected chi connectivity index (χ1v) is 6.46. The Morgan fingerprint density at radius 1 is 1.40 bits per heavy atom. The fourth-order valence-electron chi connectivity index (χ4n) is 2.88. The van der Waals surface area contributed by atoms with Gasteiger partial charge in [0.2, 0.25) is 5.79 Å². The Labute approximate surface area is 115 Å². The number of hydrogen-bond acceptors (Lipinski definition) is 6. The van der Waals surface area contributed by atoms with E-state index in [1.807, 2.05) is 6.07 Å². The number of aldehydes is 1. The second-order valence-corrected chi connectivity index (χ2v) is 5.15. The largest absolute Gasteiger partial charge is 0.394 e. The van der Waals surface area contributed by atoms with Crippen molar-refractivity contribution in [3.63, 3.8) is 0 Å². The summed E-state index contributed by atoms with van der Waals surface area (Å²) in [5, 5.41) is 29.2. The van der Waals surface area contributed by atoms with Crippen LogP contribution < -0.4 is 0 Å². The Morgan fingerprint density at radius 2 is 2.20 bits per heavy atom. The fourth-order valence-corrected chi connectivity index (χ4v) is 2.88. The van der Waals surface area contributed by atoms with Gasteiger partial charge in [-0.15, -0.1) is 0 Å². The molecule has 1 aromatic rings. The lowest BCUT2D eigenvalue weighted by Crippen LogP contribution is -2.49. The van der Waals surface area contributed by atoms with E-state index in [-0.39, 0.29) is 13.0 Å². The molecule has 0 amide bonds. The van der Waals surface area contributed by atoms with Crippen molar-refractivity contribution in [3.05, 3.63) is 34.9 Å². The van der Waals surface area contributed by atoms with Crippen LogP contribution in [0.1, 0.15) is 21.5 Å². The van der Waals surface area contributed by atoms with Crippen molar-refractivity contribution in [1.29, 1.82) is 0 Å². The molecule has 108 valence electrons. The van der Waals surface area contributed by atoms with Crippen LogP contribution in [0.15, 0.2) is 18.2 Å². The highest BCUT2D eigenvalue weighted by molar-refractivity contribution is 5.78. The minimum absolute atomic E-state index is 0.159. The molecule has 1 fully saturated rings. The molecule has 2 heterocycles. The molecule has 6 heteroatoms. The monoisotopic (exact) mass is 280 g/mol. The molecule has 4 atom stereocenters. The number of rotatable bonds is 2. The number of ether oxygens (including phenoxy) is 2. The Morgan fingerprint density at radius 3 is 2.85 bits per heavy atom. The second kappa shape index (κ2) is 4.91. The van der Waals surface area contributed by atoms with Crippen LogP contribution in [0.3, 0.4) is 0 Å². The van der Waals surface area contributed by atoms with Crippen molar-refractivity contribution in [3.8, 4) is 0 Å². The van der Waals surface area contributed by atoms with Gasteiger partial charge in [-0.05, 0) is 11.1 Å². The lowest BCUT2D eigenvalue weighted by Gasteiger charge is -2.37. The van der Waals surface area contributed by atoms with Crippen molar-refractivity contribution in [2.24, 2.45) is 0 Å². The molecule has 20 heavy (non-hydrogen) atoms. The van der Waals surface area contributed by atoms with Crippen LogP contribution in [-0.2, 0) is 22.5 Å². The predicted molar refractivity (Wildman–Crippen MR) is 67.0 cm³/mol. The summed E-state index contributed by atoms with van der Waals surface area (Å²) < 4.78 is 11.1. The predicted octanol–water partition coefficient (Wildman–Crippen LogP) is -0.619. The summed E-state index contributed by atoms with van der Waals surface area (Å²) in [6.45, 7) is -0.232. The smallest absolute Gasteiger partial charge is 0.202 e. The van der Waals surface area contributed by atoms with Gasteiger partial charge in [0.25, 0.3) is 0 Å². The zero-order chi connectivity index (χ0) is 14.3. The maximum absolute atomic E-state index is 11.1. The zero-order valence-electron chi connectivity index (χ0n) is 10.7. The van der Waals surface area contributed by atoms with E-state index in [0.717, 1.165) is 17.4 Å². The number of benzene rings is 1. The van der Waals surface area contributed by atoms with Crippen LogP contribution in [0.25, 0.3) is 0 Å². The molecule has 0 aliphatic carbocycles. The summed E-state index contributed by atoms with van der Waals surface area (Å²) in [5.41, 5.74) is 2.12. The summed E-state index contributed by atoms with van der Waals surface area (Å²) in [7, 11) is 0. The minimum Gasteiger partial charge on any atom is -0.394 e. The van der Waals surface area contributed by atoms with Crippen LogP contribution in [-0.4, -0.2) is 52.3 Å². The van der Waals surface area contributed by atoms with Crippen LogP contribution >= 0.6 is 0 Å². The van der Waals surface area contributed by atoms with Gasteiger partial charge in [0.05, 0.1) is 13.2 Å². The van der Waals surface area contributed by atoms with Crippen molar-refractivity contribution >= 4 is 6.29 Å². The van der Waals surface area contributed by atoms with Gasteiger partial charge in [-0.2, -0.15) is 0 Å². The van der Waals surface area contributed by atoms with Crippen molar-refractivity contribution < 1.29 is 29.6 Å². The number of carbonyl (C=O) groups excluding carboxylic acids is 1. The lowest BCUT2D eigenvalue weighted by atomic mass is 9.89. The highest BCUT2D eigenvalue weighted by atomic mass is 16.7. The van der Waals surface area contributed by atoms with Crippen molar-refractivity contribution in [1.82, 2.24) is 0 Å². The normalized spacial score (nSPS) is 36.0. The number of aliphatic hydroxyl groups is 3. The molecule has 1 unspecified atom stereocenters. The molecule has 1 spiro atoms. The molecule has 0 radical (unpaired) electrons. The quantitative estimate of drug-likeness (QED) is 0.625. The zero-order valence-corrected chi connectivity index (χ0v) is 10.7. The Bertz CT molecular complexity index is 530. The fraction of sp³-hybridized carbons (Fsp3) is 0.500. The first kappa shape index (κ1) is 13.7. The molecule has 1 aromatic carbocycles. The van der Waals surface area contributed by atoms with E-state index in [1.165, 1.54) is 0 Å². The van der Waals surface area contributed by atoms with Gasteiger partial charge in [0.1, 0.15) is 24.6 Å². The van der Waals surface area contributed by atoms with E-state index in [9.17, 15) is 15.0 Å². The summed E-state index contributed by atoms with van der Waals surface area (Å²) in [6.07, 6.45) is -2.47. The van der Waals surface area contributed by atoms with E-state index < -0.39 is 30.7 Å². The number of fused-ring (bicyclic) bond motifs is 1. The maximum atomic E-state index is 11.1. The van der Waals surface area contributed by atoms with Crippen molar-refractivity contribution in [2.45, 2.75) is 37.1 Å². The molecule has 2 aliphatic rings. The highest BCUT2D eigenvalue weighted by Gasteiger charge is 2.56. The van der Waals surface area contributed by atoms with Gasteiger partial charge in [-0.3, -0.25) is 4.79 Å². The van der Waals surface area contributed by atoms with Crippen LogP contribution in [0.2, 0.25) is 0 Å². The van der Waals surface area contributed by atoms with E-state index in [0.29, 0.717) is 5.56 Å². The third kappa shape index (κ3) is 1.88. The summed E-state index contributed by atoms with van der Waals surface area (Å²) in [4.78, 5) is 11.1. The van der Waals surface area contributed by atoms with Crippen LogP contribution in [0, 0.1) is 0 Å². The lowest BCUT2D eigenvalue weighted by molar-refractivity contribution is -0.271. The Hall–Kier alpha value is -1.31. The molecule has 0 saturated carbocycles. The van der Waals surface area contributed by atoms with Gasteiger partial charge in [-0.25, -0.2) is 0 Å². The van der Waals surface area contributed by atoms with Crippen LogP contribution in [0.4, 0.5) is 0 Å². The van der Waals surface area contributed by atoms with Gasteiger partial charge < -0.3 is 24.8 Å². The van der Waals surface area contributed by atoms with E-state index in [2.05, 4.69) is 0 Å². The first-order chi connectivity index (χ1) is 9.61. The number of hydrogen-bond donors (Lipinski definition) is 3. The SMILES string of the molecule is O=Cc1cccc2c1C[C@]1(OC2)OC(CO)[C@@H](O)[C@@H]1O. The van der Waals surface area contributed by atoms with Gasteiger partial charge in [0.15, 0.2) is 0 Å². The third-order valence-electron chi connectivity index (χ3n) is 4.02. The molecule has 0 aromatic heterocycles. The number of carbonyl (C=O) groups is 1. The minimum atomic E-state index is -1.40. The topological polar surface area (TPSA) is 96.2 Å². The standard InChI is InChI=1S/C14H16O6/c15-5-8-2-1-3-9-7-19-14(4-10(8)9)13(18)12(17)11(6-16)20-14/h1-3,5,11-13,16-18H,4,6-7H2/t11?,12-,13+,14+/m1/s1. The summed E-state index contributed by atoms with van der Waals surface area (Å²) in [6, 6.07) is 5.30. The highest BCUT2D eigenvalue weighted by Crippen LogP contribution is 2.40. The molecule has 3 N–H and O–H groups in total. The number of aliphatic hydroxyl groups excluding tert-OH is 3. The molecule has 6 nitrogen and oxygen atoms in total. The molecule has 3 rings (SSSR count). The van der Waals surface area contributed by atoms with Gasteiger partial charge in [0, 0.05) is 12.0 Å². The van der Waals surface area contributed by atoms with Crippen LogP contribution in [0.5, 0.6) is 0 Å². The van der Waals surface area contributed by atoms with Crippen molar-refractivity contribution in [2.75, 3.05) is 6.61 Å². The first-order valence-electron chi connectivity index (χ1n) is 6.46. The Kier molecular flexibility index (Phi) is 3.35. The summed E-state index contributed by atoms with van der Waals surface area (Å²) >= 11 is 0. The Balaban J connectivity index is 1.97. The molecule has 1 saturated heterocycles. The third-order valence-corrected chi connectivity index (χ3v) is 4.02. The average Bonchev–Trinajstić information content (AvgIpc) is 2.71.